The van der Waals surface area contributed by atoms with Crippen LogP contribution in [0.5, 0.6) is 11.8 Å². The molecule has 0 saturated heterocycles. The molecule has 3 rings (SSSR count). The first kappa shape index (κ1) is 21.2. The van der Waals surface area contributed by atoms with Crippen LogP contribution < -0.4 is 4.74 Å². The maximum absolute atomic E-state index is 11.8. The second kappa shape index (κ2) is 8.44. The molecule has 7 heteroatoms. The molecule has 0 N–H and O–H groups in total. The van der Waals surface area contributed by atoms with Gasteiger partial charge in [-0.1, -0.05) is 43.1 Å². The minimum absolute atomic E-state index is 0.406. The molecule has 1 unspecified atom stereocenters. The third-order valence-corrected chi connectivity index (χ3v) is 6.60. The maximum Gasteiger partial charge on any atom is 0.302 e. The van der Waals surface area contributed by atoms with Gasteiger partial charge in [-0.25, -0.2) is 0 Å². The van der Waals surface area contributed by atoms with Crippen LogP contribution in [0.25, 0.3) is 11.0 Å². The highest BCUT2D eigenvalue weighted by atomic mass is 35.5. The fourth-order valence-electron chi connectivity index (χ4n) is 3.53. The molecule has 0 amide bonds. The average molecular weight is 439 g/mol. The summed E-state index contributed by atoms with van der Waals surface area (Å²) < 4.78 is 19.8. The van der Waals surface area contributed by atoms with Gasteiger partial charge in [0.15, 0.2) is 5.75 Å². The molecule has 0 saturated carbocycles. The predicted molar refractivity (Wildman–Crippen MR) is 118 cm³/mol. The molecule has 3 aromatic rings. The maximum atomic E-state index is 11.8. The Labute approximate surface area is 178 Å². The van der Waals surface area contributed by atoms with Crippen LogP contribution in [0.2, 0.25) is 10.0 Å². The number of aryl methyl sites for hydroxylation is 2. The smallest absolute Gasteiger partial charge is 0.302 e. The molecular formula is C21H24Cl2N2O2S. The Morgan fingerprint density at radius 2 is 1.86 bits per heavy atom. The van der Waals surface area contributed by atoms with Crippen molar-refractivity contribution in [3.63, 3.8) is 0 Å². The zero-order valence-electron chi connectivity index (χ0n) is 16.7. The third kappa shape index (κ3) is 3.80. The summed E-state index contributed by atoms with van der Waals surface area (Å²) in [6.45, 7) is 6.25. The molecule has 1 aromatic heterocycles. The van der Waals surface area contributed by atoms with E-state index < -0.39 is 10.8 Å². The summed E-state index contributed by atoms with van der Waals surface area (Å²) in [6, 6.07) is 7.90. The Balaban J connectivity index is 2.13. The lowest BCUT2D eigenvalue weighted by atomic mass is 9.93. The summed E-state index contributed by atoms with van der Waals surface area (Å²) in [4.78, 5) is 5.31. The van der Waals surface area contributed by atoms with Crippen LogP contribution in [-0.2, 0) is 17.8 Å². The largest absolute Gasteiger partial charge is 0.424 e. The molecule has 0 fully saturated rings. The molecule has 150 valence electrons. The highest BCUT2D eigenvalue weighted by Crippen LogP contribution is 2.39. The first-order valence-corrected chi connectivity index (χ1v) is 11.6. The first-order chi connectivity index (χ1) is 13.3. The van der Waals surface area contributed by atoms with Crippen LogP contribution in [0, 0.1) is 6.92 Å². The number of nitrogens with zero attached hydrogens (tertiary/aromatic N) is 2. The van der Waals surface area contributed by atoms with Crippen molar-refractivity contribution >= 4 is 45.0 Å². The monoisotopic (exact) mass is 438 g/mol. The summed E-state index contributed by atoms with van der Waals surface area (Å²) in [7, 11) is 0.809. The van der Waals surface area contributed by atoms with Gasteiger partial charge in [-0.15, -0.1) is 0 Å². The van der Waals surface area contributed by atoms with E-state index in [2.05, 4.69) is 24.9 Å². The van der Waals surface area contributed by atoms with E-state index in [1.54, 1.807) is 12.3 Å². The second-order valence-corrected chi connectivity index (χ2v) is 9.10. The molecule has 0 radical (unpaired) electrons. The Bertz CT molecular complexity index is 1040. The number of benzene rings is 2. The molecule has 0 bridgehead atoms. The molecule has 0 aliphatic carbocycles. The van der Waals surface area contributed by atoms with E-state index in [-0.39, 0.29) is 0 Å². The van der Waals surface area contributed by atoms with Gasteiger partial charge < -0.3 is 4.74 Å². The zero-order chi connectivity index (χ0) is 20.6. The SMILES string of the molecule is CCC(CC)c1ccc(Cl)c2nc(Oc3c(C)cc(S(C)=O)cc3Cl)n(C)c12. The van der Waals surface area contributed by atoms with Gasteiger partial charge in [-0.05, 0) is 55.0 Å². The second-order valence-electron chi connectivity index (χ2n) is 6.91. The van der Waals surface area contributed by atoms with Gasteiger partial charge in [0.05, 0.1) is 15.6 Å². The third-order valence-electron chi connectivity index (χ3n) is 5.12. The standard InChI is InChI=1S/C21H24Cl2N2O2S/c1-6-13(7-2)15-8-9-16(22)18-19(15)25(4)21(24-18)27-20-12(3)10-14(28(5)26)11-17(20)23/h8-11,13H,6-7H2,1-5H3. The number of fused-ring (bicyclic) bond motifs is 1. The van der Waals surface area contributed by atoms with Crippen molar-refractivity contribution < 1.29 is 8.95 Å². The van der Waals surface area contributed by atoms with Gasteiger partial charge in [0.2, 0.25) is 0 Å². The summed E-state index contributed by atoms with van der Waals surface area (Å²) >= 11 is 12.9. The Morgan fingerprint density at radius 1 is 1.18 bits per heavy atom. The van der Waals surface area contributed by atoms with Crippen molar-refractivity contribution in [2.75, 3.05) is 6.26 Å². The molecule has 0 spiro atoms. The highest BCUT2D eigenvalue weighted by Gasteiger charge is 2.21. The zero-order valence-corrected chi connectivity index (χ0v) is 19.0. The van der Waals surface area contributed by atoms with E-state index in [9.17, 15) is 4.21 Å². The van der Waals surface area contributed by atoms with Gasteiger partial charge in [0, 0.05) is 29.0 Å². The summed E-state index contributed by atoms with van der Waals surface area (Å²) in [5, 5.41) is 0.998. The fraction of sp³-hybridized carbons (Fsp3) is 0.381. The van der Waals surface area contributed by atoms with E-state index in [4.69, 9.17) is 27.9 Å². The van der Waals surface area contributed by atoms with Gasteiger partial charge >= 0.3 is 6.01 Å². The Kier molecular flexibility index (Phi) is 6.37. The van der Waals surface area contributed by atoms with Crippen LogP contribution in [0.15, 0.2) is 29.2 Å². The molecule has 0 aliphatic rings. The molecule has 0 aliphatic heterocycles. The van der Waals surface area contributed by atoms with E-state index >= 15 is 0 Å². The minimum Gasteiger partial charge on any atom is -0.424 e. The van der Waals surface area contributed by atoms with Crippen molar-refractivity contribution in [3.8, 4) is 11.8 Å². The van der Waals surface area contributed by atoms with Crippen molar-refractivity contribution in [2.24, 2.45) is 7.05 Å². The van der Waals surface area contributed by atoms with E-state index in [0.717, 1.165) is 29.4 Å². The van der Waals surface area contributed by atoms with Crippen molar-refractivity contribution in [1.29, 1.82) is 0 Å². The fourth-order valence-corrected chi connectivity index (χ4v) is 4.72. The van der Waals surface area contributed by atoms with Crippen LogP contribution in [0.3, 0.4) is 0 Å². The van der Waals surface area contributed by atoms with Crippen molar-refractivity contribution in [1.82, 2.24) is 9.55 Å². The Morgan fingerprint density at radius 3 is 2.43 bits per heavy atom. The average Bonchev–Trinajstić information content (AvgIpc) is 2.98. The van der Waals surface area contributed by atoms with Crippen LogP contribution >= 0.6 is 23.2 Å². The lowest BCUT2D eigenvalue weighted by Crippen LogP contribution is -2.01. The normalized spacial score (nSPS) is 12.7. The number of ether oxygens (including phenoxy) is 1. The van der Waals surface area contributed by atoms with Gasteiger partial charge in [0.1, 0.15) is 5.52 Å². The summed E-state index contributed by atoms with van der Waals surface area (Å²) in [5.41, 5.74) is 3.73. The number of imidazole rings is 1. The van der Waals surface area contributed by atoms with Crippen LogP contribution in [0.1, 0.15) is 43.7 Å². The van der Waals surface area contributed by atoms with Crippen molar-refractivity contribution in [2.45, 2.75) is 44.4 Å². The molecule has 4 nitrogen and oxygen atoms in total. The van der Waals surface area contributed by atoms with Gasteiger partial charge in [-0.3, -0.25) is 8.78 Å². The molecule has 28 heavy (non-hydrogen) atoms. The molecule has 1 heterocycles. The minimum atomic E-state index is -1.11. The van der Waals surface area contributed by atoms with Crippen LogP contribution in [0.4, 0.5) is 0 Å². The molecule has 1 atom stereocenters. The Hall–Kier alpha value is -1.56. The predicted octanol–water partition coefficient (Wildman–Crippen LogP) is 6.62. The van der Waals surface area contributed by atoms with Gasteiger partial charge in [0.25, 0.3) is 0 Å². The number of halogens is 2. The summed E-state index contributed by atoms with van der Waals surface area (Å²) in [6.07, 6.45) is 3.70. The number of hydrogen-bond donors (Lipinski definition) is 0. The first-order valence-electron chi connectivity index (χ1n) is 9.24. The van der Waals surface area contributed by atoms with E-state index in [0.29, 0.717) is 32.6 Å². The van der Waals surface area contributed by atoms with E-state index in [1.807, 2.05) is 30.7 Å². The lowest BCUT2D eigenvalue weighted by molar-refractivity contribution is 0.424. The number of aromatic nitrogens is 2. The quantitative estimate of drug-likeness (QED) is 0.433. The van der Waals surface area contributed by atoms with Gasteiger partial charge in [-0.2, -0.15) is 4.98 Å². The van der Waals surface area contributed by atoms with Crippen LogP contribution in [-0.4, -0.2) is 20.0 Å². The van der Waals surface area contributed by atoms with Crippen molar-refractivity contribution in [3.05, 3.63) is 45.4 Å². The molecular weight excluding hydrogens is 415 g/mol. The molecule has 2 aromatic carbocycles. The number of hydrogen-bond acceptors (Lipinski definition) is 3. The topological polar surface area (TPSA) is 44.1 Å². The van der Waals surface area contributed by atoms with E-state index in [1.165, 1.54) is 5.56 Å². The number of rotatable bonds is 6. The lowest BCUT2D eigenvalue weighted by Gasteiger charge is -2.16. The summed E-state index contributed by atoms with van der Waals surface area (Å²) in [5.74, 6) is 0.932. The highest BCUT2D eigenvalue weighted by molar-refractivity contribution is 7.84.